The third kappa shape index (κ3) is 2.05. The van der Waals surface area contributed by atoms with Crippen LogP contribution in [0.2, 0.25) is 0 Å². The lowest BCUT2D eigenvalue weighted by atomic mass is 10.2. The molecule has 0 aliphatic rings. The van der Waals surface area contributed by atoms with Crippen LogP contribution >= 0.6 is 0 Å². The van der Waals surface area contributed by atoms with Crippen molar-refractivity contribution in [2.75, 3.05) is 0 Å². The summed E-state index contributed by atoms with van der Waals surface area (Å²) in [5.74, 6) is -0.0839. The summed E-state index contributed by atoms with van der Waals surface area (Å²) in [5.41, 5.74) is 0.996. The van der Waals surface area contributed by atoms with Crippen molar-refractivity contribution < 1.29 is 4.79 Å². The van der Waals surface area contributed by atoms with Crippen LogP contribution in [0.4, 0.5) is 0 Å². The minimum atomic E-state index is -0.0839. The van der Waals surface area contributed by atoms with Gasteiger partial charge in [0.05, 0.1) is 0 Å². The van der Waals surface area contributed by atoms with Crippen LogP contribution in [0.5, 0.6) is 0 Å². The summed E-state index contributed by atoms with van der Waals surface area (Å²) in [5, 5.41) is 4.14. The van der Waals surface area contributed by atoms with E-state index in [0.717, 1.165) is 0 Å². The Morgan fingerprint density at radius 1 is 1.62 bits per heavy atom. The topological polar surface area (TPSA) is 34.9 Å². The molecule has 0 N–H and O–H groups in total. The number of hydrogen-bond acceptors (Lipinski definition) is 2. The van der Waals surface area contributed by atoms with Gasteiger partial charge in [0.15, 0.2) is 0 Å². The number of carbonyl (C=O) groups excluding carboxylic acids is 1. The van der Waals surface area contributed by atoms with Crippen molar-refractivity contribution in [1.82, 2.24) is 9.78 Å². The molecule has 1 aromatic rings. The molecule has 3 nitrogen and oxygen atoms in total. The molecule has 0 aliphatic heterocycles. The molecule has 0 bridgehead atoms. The molecule has 0 saturated heterocycles. The van der Waals surface area contributed by atoms with Crippen LogP contribution < -0.4 is 0 Å². The zero-order valence-electron chi connectivity index (χ0n) is 8.24. The number of Topliss-reactive ketones (excluding diaryl/α,β-unsaturated/α-hetero) is 1. The molecule has 1 heterocycles. The first kappa shape index (κ1) is 9.71. The molecule has 0 amide bonds. The maximum absolute atomic E-state index is 11.4. The molecule has 0 radical (unpaired) electrons. The average molecular weight is 178 g/mol. The SMILES string of the molecule is C=C(C)C(=O)c1ccn(C(C)C)n1. The number of hydrogen-bond donors (Lipinski definition) is 0. The van der Waals surface area contributed by atoms with Gasteiger partial charge >= 0.3 is 0 Å². The first-order chi connectivity index (χ1) is 6.02. The molecule has 0 unspecified atom stereocenters. The van der Waals surface area contributed by atoms with Gasteiger partial charge in [-0.25, -0.2) is 0 Å². The van der Waals surface area contributed by atoms with Crippen LogP contribution in [-0.2, 0) is 0 Å². The number of aromatic nitrogens is 2. The standard InChI is InChI=1S/C10H14N2O/c1-7(2)10(13)9-5-6-12(11-9)8(3)4/h5-6,8H,1H2,2-4H3. The van der Waals surface area contributed by atoms with Crippen LogP contribution in [0.25, 0.3) is 0 Å². The van der Waals surface area contributed by atoms with Crippen molar-refractivity contribution in [3.63, 3.8) is 0 Å². The number of allylic oxidation sites excluding steroid dienone is 1. The Balaban J connectivity index is 2.92. The van der Waals surface area contributed by atoms with Crippen molar-refractivity contribution in [3.05, 3.63) is 30.1 Å². The molecule has 0 aromatic carbocycles. The van der Waals surface area contributed by atoms with E-state index in [4.69, 9.17) is 0 Å². The third-order valence-corrected chi connectivity index (χ3v) is 1.76. The lowest BCUT2D eigenvalue weighted by molar-refractivity contribution is 0.102. The molecule has 13 heavy (non-hydrogen) atoms. The van der Waals surface area contributed by atoms with Crippen LogP contribution in [-0.4, -0.2) is 15.6 Å². The minimum Gasteiger partial charge on any atom is -0.287 e. The summed E-state index contributed by atoms with van der Waals surface area (Å²) >= 11 is 0. The molecule has 0 aliphatic carbocycles. The summed E-state index contributed by atoms with van der Waals surface area (Å²) < 4.78 is 1.76. The number of nitrogens with zero attached hydrogens (tertiary/aromatic N) is 2. The van der Waals surface area contributed by atoms with Gasteiger partial charge < -0.3 is 0 Å². The average Bonchev–Trinajstić information content (AvgIpc) is 2.50. The maximum Gasteiger partial charge on any atom is 0.208 e. The minimum absolute atomic E-state index is 0.0839. The van der Waals surface area contributed by atoms with E-state index in [1.165, 1.54) is 0 Å². The van der Waals surface area contributed by atoms with Gasteiger partial charge in [0.1, 0.15) is 5.69 Å². The molecule has 0 atom stereocenters. The summed E-state index contributed by atoms with van der Waals surface area (Å²) in [7, 11) is 0. The fourth-order valence-corrected chi connectivity index (χ4v) is 0.965. The Kier molecular flexibility index (Phi) is 2.66. The van der Waals surface area contributed by atoms with Gasteiger partial charge in [-0.1, -0.05) is 6.58 Å². The Bertz CT molecular complexity index is 336. The Hall–Kier alpha value is -1.38. The predicted molar refractivity (Wildman–Crippen MR) is 51.8 cm³/mol. The molecule has 0 saturated carbocycles. The van der Waals surface area contributed by atoms with E-state index in [-0.39, 0.29) is 11.8 Å². The Morgan fingerprint density at radius 3 is 2.62 bits per heavy atom. The molecule has 1 aromatic heterocycles. The van der Waals surface area contributed by atoms with E-state index >= 15 is 0 Å². The van der Waals surface area contributed by atoms with Crippen molar-refractivity contribution in [2.45, 2.75) is 26.8 Å². The maximum atomic E-state index is 11.4. The molecular weight excluding hydrogens is 164 g/mol. The molecule has 0 spiro atoms. The summed E-state index contributed by atoms with van der Waals surface area (Å²) in [6.07, 6.45) is 1.81. The highest BCUT2D eigenvalue weighted by Gasteiger charge is 2.10. The van der Waals surface area contributed by atoms with Crippen molar-refractivity contribution >= 4 is 5.78 Å². The van der Waals surface area contributed by atoms with Crippen molar-refractivity contribution in [3.8, 4) is 0 Å². The molecule has 70 valence electrons. The van der Waals surface area contributed by atoms with Gasteiger partial charge in [0.25, 0.3) is 0 Å². The van der Waals surface area contributed by atoms with E-state index in [2.05, 4.69) is 11.7 Å². The number of ketones is 1. The second-order valence-corrected chi connectivity index (χ2v) is 3.38. The molecular formula is C10H14N2O. The van der Waals surface area contributed by atoms with Crippen LogP contribution in [0.1, 0.15) is 37.3 Å². The van der Waals surface area contributed by atoms with E-state index in [1.807, 2.05) is 13.8 Å². The van der Waals surface area contributed by atoms with Crippen molar-refractivity contribution in [2.24, 2.45) is 0 Å². The fourth-order valence-electron chi connectivity index (χ4n) is 0.965. The van der Waals surface area contributed by atoms with E-state index < -0.39 is 0 Å². The van der Waals surface area contributed by atoms with Gasteiger partial charge in [-0.15, -0.1) is 0 Å². The molecule has 1 rings (SSSR count). The second-order valence-electron chi connectivity index (χ2n) is 3.38. The highest BCUT2D eigenvalue weighted by Crippen LogP contribution is 2.07. The van der Waals surface area contributed by atoms with Gasteiger partial charge in [-0.3, -0.25) is 9.48 Å². The smallest absolute Gasteiger partial charge is 0.208 e. The Labute approximate surface area is 78.1 Å². The van der Waals surface area contributed by atoms with Crippen molar-refractivity contribution in [1.29, 1.82) is 0 Å². The van der Waals surface area contributed by atoms with E-state index in [0.29, 0.717) is 11.3 Å². The van der Waals surface area contributed by atoms with Crippen LogP contribution in [0.3, 0.4) is 0 Å². The lowest BCUT2D eigenvalue weighted by Gasteiger charge is -2.03. The lowest BCUT2D eigenvalue weighted by Crippen LogP contribution is -2.05. The fraction of sp³-hybridized carbons (Fsp3) is 0.400. The zero-order valence-corrected chi connectivity index (χ0v) is 8.24. The predicted octanol–water partition coefficient (Wildman–Crippen LogP) is 2.22. The summed E-state index contributed by atoms with van der Waals surface area (Å²) in [4.78, 5) is 11.4. The number of carbonyl (C=O) groups is 1. The molecule has 3 heteroatoms. The number of rotatable bonds is 3. The Morgan fingerprint density at radius 2 is 2.23 bits per heavy atom. The summed E-state index contributed by atoms with van der Waals surface area (Å²) in [6, 6.07) is 2.00. The van der Waals surface area contributed by atoms with Crippen LogP contribution in [0, 0.1) is 0 Å². The van der Waals surface area contributed by atoms with Gasteiger partial charge in [-0.2, -0.15) is 5.10 Å². The third-order valence-electron chi connectivity index (χ3n) is 1.76. The first-order valence-electron chi connectivity index (χ1n) is 4.27. The van der Waals surface area contributed by atoms with Gasteiger partial charge in [-0.05, 0) is 32.4 Å². The highest BCUT2D eigenvalue weighted by molar-refractivity contribution is 6.06. The normalized spacial score (nSPS) is 10.5. The molecule has 0 fully saturated rings. The summed E-state index contributed by atoms with van der Waals surface area (Å²) in [6.45, 7) is 9.31. The highest BCUT2D eigenvalue weighted by atomic mass is 16.1. The first-order valence-corrected chi connectivity index (χ1v) is 4.27. The van der Waals surface area contributed by atoms with E-state index in [9.17, 15) is 4.79 Å². The van der Waals surface area contributed by atoms with E-state index in [1.54, 1.807) is 23.9 Å². The van der Waals surface area contributed by atoms with Gasteiger partial charge in [0, 0.05) is 12.2 Å². The monoisotopic (exact) mass is 178 g/mol. The quantitative estimate of drug-likeness (QED) is 0.525. The van der Waals surface area contributed by atoms with Crippen LogP contribution in [0.15, 0.2) is 24.4 Å². The van der Waals surface area contributed by atoms with Gasteiger partial charge in [0.2, 0.25) is 5.78 Å². The zero-order chi connectivity index (χ0) is 10.0. The largest absolute Gasteiger partial charge is 0.287 e. The second kappa shape index (κ2) is 3.56.